The van der Waals surface area contributed by atoms with Crippen molar-refractivity contribution in [3.8, 4) is 0 Å². The van der Waals surface area contributed by atoms with Gasteiger partial charge in [0.1, 0.15) is 0 Å². The highest BCUT2D eigenvalue weighted by molar-refractivity contribution is 5.85. The molecule has 0 aliphatic carbocycles. The first-order valence-electron chi connectivity index (χ1n) is 5.94. The Labute approximate surface area is 116 Å². The summed E-state index contributed by atoms with van der Waals surface area (Å²) >= 11 is 0. The van der Waals surface area contributed by atoms with Gasteiger partial charge in [-0.25, -0.2) is 0 Å². The molecule has 2 N–H and O–H groups in total. The van der Waals surface area contributed by atoms with Crippen LogP contribution in [0.5, 0.6) is 0 Å². The summed E-state index contributed by atoms with van der Waals surface area (Å²) in [7, 11) is 0. The van der Waals surface area contributed by atoms with Crippen molar-refractivity contribution in [1.82, 2.24) is 10.6 Å². The number of carbonyl (C=O) groups excluding carboxylic acids is 1. The molecule has 0 aromatic rings. The second-order valence-electron chi connectivity index (χ2n) is 4.70. The van der Waals surface area contributed by atoms with E-state index in [-0.39, 0.29) is 30.7 Å². The number of piperidine rings is 1. The van der Waals surface area contributed by atoms with Crippen molar-refractivity contribution in [2.75, 3.05) is 0 Å². The van der Waals surface area contributed by atoms with E-state index in [1.165, 1.54) is 12.8 Å². The predicted molar refractivity (Wildman–Crippen MR) is 75.0 cm³/mol. The van der Waals surface area contributed by atoms with Crippen LogP contribution in [0.3, 0.4) is 0 Å². The molecule has 17 heavy (non-hydrogen) atoms. The average Bonchev–Trinajstić information content (AvgIpc) is 2.55. The third-order valence-corrected chi connectivity index (χ3v) is 3.41. The molecule has 0 saturated carbocycles. The van der Waals surface area contributed by atoms with Crippen LogP contribution in [0.15, 0.2) is 12.7 Å². The first kappa shape index (κ1) is 16.8. The molecule has 2 bridgehead atoms. The zero-order chi connectivity index (χ0) is 10.7. The molecule has 2 aliphatic heterocycles. The fraction of sp³-hybridized carbons (Fsp3) is 0.750. The van der Waals surface area contributed by atoms with Gasteiger partial charge in [-0.3, -0.25) is 4.79 Å². The lowest BCUT2D eigenvalue weighted by Crippen LogP contribution is -2.47. The van der Waals surface area contributed by atoms with Crippen molar-refractivity contribution in [3.63, 3.8) is 0 Å². The van der Waals surface area contributed by atoms with Crippen molar-refractivity contribution in [2.45, 2.75) is 56.7 Å². The van der Waals surface area contributed by atoms with Crippen molar-refractivity contribution in [3.05, 3.63) is 12.7 Å². The van der Waals surface area contributed by atoms with Gasteiger partial charge in [0, 0.05) is 24.5 Å². The number of hydrogen-bond acceptors (Lipinski definition) is 2. The highest BCUT2D eigenvalue weighted by Gasteiger charge is 2.33. The molecule has 2 aliphatic rings. The van der Waals surface area contributed by atoms with Gasteiger partial charge in [-0.2, -0.15) is 0 Å². The number of hydrogen-bond donors (Lipinski definition) is 2. The minimum Gasteiger partial charge on any atom is -0.353 e. The number of halogens is 2. The molecule has 3 nitrogen and oxygen atoms in total. The maximum absolute atomic E-state index is 11.5. The van der Waals surface area contributed by atoms with Gasteiger partial charge in [0.05, 0.1) is 0 Å². The summed E-state index contributed by atoms with van der Waals surface area (Å²) in [5, 5.41) is 6.70. The summed E-state index contributed by atoms with van der Waals surface area (Å²) in [6, 6.07) is 1.70. The largest absolute Gasteiger partial charge is 0.353 e. The lowest BCUT2D eigenvalue weighted by atomic mass is 9.99. The molecular formula is C12H22Cl2N2O. The van der Waals surface area contributed by atoms with E-state index in [1.807, 2.05) is 0 Å². The Morgan fingerprint density at radius 3 is 2.41 bits per heavy atom. The van der Waals surface area contributed by atoms with Gasteiger partial charge in [0.2, 0.25) is 5.91 Å². The molecule has 0 aromatic heterocycles. The van der Waals surface area contributed by atoms with Crippen LogP contribution in [-0.2, 0) is 4.79 Å². The van der Waals surface area contributed by atoms with Crippen LogP contribution in [0.25, 0.3) is 0 Å². The van der Waals surface area contributed by atoms with E-state index >= 15 is 0 Å². The van der Waals surface area contributed by atoms with E-state index in [0.717, 1.165) is 19.3 Å². The molecule has 5 heteroatoms. The quantitative estimate of drug-likeness (QED) is 0.776. The summed E-state index contributed by atoms with van der Waals surface area (Å²) in [5.74, 6) is 0.182. The topological polar surface area (TPSA) is 41.1 Å². The molecular weight excluding hydrogens is 259 g/mol. The first-order chi connectivity index (χ1) is 7.28. The van der Waals surface area contributed by atoms with E-state index in [0.29, 0.717) is 24.5 Å². The Balaban J connectivity index is 0.00000128. The Bertz CT molecular complexity index is 249. The Hall–Kier alpha value is -0.250. The predicted octanol–water partition coefficient (Wildman–Crippen LogP) is 2.20. The van der Waals surface area contributed by atoms with Gasteiger partial charge in [-0.05, 0) is 32.1 Å². The molecule has 2 heterocycles. The molecule has 2 fully saturated rings. The van der Waals surface area contributed by atoms with Gasteiger partial charge in [0.15, 0.2) is 0 Å². The number of rotatable bonds is 4. The van der Waals surface area contributed by atoms with Gasteiger partial charge >= 0.3 is 0 Å². The lowest BCUT2D eigenvalue weighted by molar-refractivity contribution is -0.121. The molecule has 2 saturated heterocycles. The molecule has 100 valence electrons. The number of nitrogens with one attached hydrogen (secondary N) is 2. The van der Waals surface area contributed by atoms with Crippen LogP contribution >= 0.6 is 24.8 Å². The SMILES string of the molecule is C=CCCC(=O)NC1CC2CCC(C1)N2.Cl.Cl. The van der Waals surface area contributed by atoms with Gasteiger partial charge in [0.25, 0.3) is 0 Å². The maximum atomic E-state index is 11.5. The first-order valence-corrected chi connectivity index (χ1v) is 5.94. The van der Waals surface area contributed by atoms with Crippen molar-refractivity contribution in [2.24, 2.45) is 0 Å². The zero-order valence-corrected chi connectivity index (χ0v) is 11.6. The van der Waals surface area contributed by atoms with Crippen LogP contribution < -0.4 is 10.6 Å². The maximum Gasteiger partial charge on any atom is 0.220 e. The van der Waals surface area contributed by atoms with Gasteiger partial charge in [-0.15, -0.1) is 31.4 Å². The highest BCUT2D eigenvalue weighted by atomic mass is 35.5. The summed E-state index contributed by atoms with van der Waals surface area (Å²) in [6.07, 6.45) is 7.94. The highest BCUT2D eigenvalue weighted by Crippen LogP contribution is 2.26. The van der Waals surface area contributed by atoms with E-state index in [4.69, 9.17) is 0 Å². The normalized spacial score (nSPS) is 29.8. The molecule has 2 unspecified atom stereocenters. The second kappa shape index (κ2) is 7.96. The van der Waals surface area contributed by atoms with Gasteiger partial charge in [-0.1, -0.05) is 6.08 Å². The standard InChI is InChI=1S/C12H20N2O.2ClH/c1-2-3-4-12(15)14-11-7-9-5-6-10(8-11)13-9;;/h2,9-11,13H,1,3-8H2,(H,14,15);2*1H. The van der Waals surface area contributed by atoms with E-state index in [2.05, 4.69) is 17.2 Å². The Morgan fingerprint density at radius 1 is 1.29 bits per heavy atom. The third kappa shape index (κ3) is 4.86. The van der Waals surface area contributed by atoms with E-state index in [9.17, 15) is 4.79 Å². The molecule has 0 aromatic carbocycles. The van der Waals surface area contributed by atoms with Crippen LogP contribution in [0.1, 0.15) is 38.5 Å². The fourth-order valence-electron chi connectivity index (χ4n) is 2.71. The van der Waals surface area contributed by atoms with Crippen LogP contribution in [-0.4, -0.2) is 24.0 Å². The Morgan fingerprint density at radius 2 is 1.88 bits per heavy atom. The summed E-state index contributed by atoms with van der Waals surface area (Å²) in [5.41, 5.74) is 0. The number of carbonyl (C=O) groups is 1. The average molecular weight is 281 g/mol. The summed E-state index contributed by atoms with van der Waals surface area (Å²) in [4.78, 5) is 11.5. The minimum atomic E-state index is 0. The smallest absolute Gasteiger partial charge is 0.220 e. The van der Waals surface area contributed by atoms with E-state index in [1.54, 1.807) is 6.08 Å². The Kier molecular flexibility index (Phi) is 7.84. The summed E-state index contributed by atoms with van der Waals surface area (Å²) < 4.78 is 0. The number of amides is 1. The van der Waals surface area contributed by atoms with Crippen molar-refractivity contribution in [1.29, 1.82) is 0 Å². The lowest BCUT2D eigenvalue weighted by Gasteiger charge is -2.29. The van der Waals surface area contributed by atoms with Crippen LogP contribution in [0, 0.1) is 0 Å². The van der Waals surface area contributed by atoms with Gasteiger partial charge < -0.3 is 10.6 Å². The third-order valence-electron chi connectivity index (χ3n) is 3.41. The fourth-order valence-corrected chi connectivity index (χ4v) is 2.71. The van der Waals surface area contributed by atoms with Crippen LogP contribution in [0.2, 0.25) is 0 Å². The van der Waals surface area contributed by atoms with Crippen molar-refractivity contribution >= 4 is 30.7 Å². The summed E-state index contributed by atoms with van der Waals surface area (Å²) in [6.45, 7) is 3.62. The number of fused-ring (bicyclic) bond motifs is 2. The number of allylic oxidation sites excluding steroid dienone is 1. The molecule has 2 atom stereocenters. The van der Waals surface area contributed by atoms with Crippen LogP contribution in [0.4, 0.5) is 0 Å². The second-order valence-corrected chi connectivity index (χ2v) is 4.70. The zero-order valence-electron chi connectivity index (χ0n) is 9.98. The molecule has 1 amide bonds. The monoisotopic (exact) mass is 280 g/mol. The van der Waals surface area contributed by atoms with Crippen molar-refractivity contribution < 1.29 is 4.79 Å². The van der Waals surface area contributed by atoms with E-state index < -0.39 is 0 Å². The minimum absolute atomic E-state index is 0. The molecule has 0 spiro atoms. The molecule has 2 rings (SSSR count). The molecule has 0 radical (unpaired) electrons.